The van der Waals surface area contributed by atoms with Gasteiger partial charge in [0, 0.05) is 6.16 Å². The van der Waals surface area contributed by atoms with Gasteiger partial charge in [-0.2, -0.15) is 0 Å². The van der Waals surface area contributed by atoms with Gasteiger partial charge in [0.15, 0.2) is 0 Å². The van der Waals surface area contributed by atoms with E-state index in [9.17, 15) is 0 Å². The van der Waals surface area contributed by atoms with Gasteiger partial charge in [-0.25, -0.2) is 0 Å². The fourth-order valence-electron chi connectivity index (χ4n) is 1.16. The minimum Gasteiger partial charge on any atom is -0.477 e. The molecule has 0 heterocycles. The highest BCUT2D eigenvalue weighted by Crippen LogP contribution is 2.22. The number of hydrogen-bond donors (Lipinski definition) is 0. The van der Waals surface area contributed by atoms with Gasteiger partial charge in [-0.1, -0.05) is 26.0 Å². The predicted molar refractivity (Wildman–Crippen MR) is 71.7 cm³/mol. The summed E-state index contributed by atoms with van der Waals surface area (Å²) in [5.41, 5.74) is 1.26. The maximum absolute atomic E-state index is 5.67. The van der Waals surface area contributed by atoms with Gasteiger partial charge >= 0.3 is 0 Å². The molecule has 0 N–H and O–H groups in total. The molecule has 1 aromatic rings. The van der Waals surface area contributed by atoms with Crippen molar-refractivity contribution in [3.63, 3.8) is 0 Å². The molecule has 3 heteroatoms. The third-order valence-corrected chi connectivity index (χ3v) is 2.88. The number of rotatable bonds is 5. The lowest BCUT2D eigenvalue weighted by molar-refractivity contribution is 0.597. The van der Waals surface area contributed by atoms with Crippen LogP contribution in [-0.2, 0) is 0 Å². The summed E-state index contributed by atoms with van der Waals surface area (Å²) in [4.78, 5) is 0. The number of hydrogen-bond acceptors (Lipinski definition) is 1. The van der Waals surface area contributed by atoms with E-state index >= 15 is 0 Å². The van der Waals surface area contributed by atoms with Gasteiger partial charge in [0.1, 0.15) is 5.75 Å². The maximum atomic E-state index is 5.67. The summed E-state index contributed by atoms with van der Waals surface area (Å²) in [5, 5.41) is 0. The van der Waals surface area contributed by atoms with Crippen LogP contribution in [0.4, 0.5) is 0 Å². The second-order valence-corrected chi connectivity index (χ2v) is 4.99. The molecule has 0 amide bonds. The topological polar surface area (TPSA) is 9.23 Å². The molecule has 0 aliphatic rings. The van der Waals surface area contributed by atoms with E-state index in [1.54, 1.807) is 0 Å². The van der Waals surface area contributed by atoms with Crippen LogP contribution in [0.2, 0.25) is 0 Å². The second-order valence-electron chi connectivity index (χ2n) is 4.00. The summed E-state index contributed by atoms with van der Waals surface area (Å²) in [6, 6.07) is 8.24. The van der Waals surface area contributed by atoms with Gasteiger partial charge in [-0.05, 0) is 37.0 Å². The zero-order valence-electron chi connectivity index (χ0n) is 9.62. The average molecular weight is 247 g/mol. The molecule has 1 aromatic carbocycles. The third-order valence-electron chi connectivity index (χ3n) is 2.00. The lowest BCUT2D eigenvalue weighted by Crippen LogP contribution is -1.90. The van der Waals surface area contributed by atoms with Crippen molar-refractivity contribution < 1.29 is 4.52 Å². The number of benzene rings is 1. The predicted octanol–water partition coefficient (Wildman–Crippen LogP) is 4.44. The summed E-state index contributed by atoms with van der Waals surface area (Å²) in [7, 11) is 0.599. The molecule has 15 heavy (non-hydrogen) atoms. The van der Waals surface area contributed by atoms with E-state index in [1.165, 1.54) is 18.1 Å². The summed E-state index contributed by atoms with van der Waals surface area (Å²) in [6.07, 6.45) is 2.43. The Morgan fingerprint density at radius 1 is 1.33 bits per heavy atom. The van der Waals surface area contributed by atoms with Crippen LogP contribution in [0.15, 0.2) is 24.3 Å². The Morgan fingerprint density at radius 2 is 2.07 bits per heavy atom. The number of aryl methyl sites for hydroxylation is 1. The van der Waals surface area contributed by atoms with Crippen LogP contribution >= 0.6 is 21.2 Å². The fourth-order valence-corrected chi connectivity index (χ4v) is 2.25. The molecule has 1 nitrogen and oxygen atoms in total. The summed E-state index contributed by atoms with van der Waals surface area (Å²) >= 11 is 0. The van der Waals surface area contributed by atoms with E-state index in [0.29, 0.717) is 8.81 Å². The molecule has 0 aromatic heterocycles. The molecular weight excluding hydrogens is 227 g/mol. The van der Waals surface area contributed by atoms with Crippen molar-refractivity contribution in [2.24, 2.45) is 5.92 Å². The van der Waals surface area contributed by atoms with Crippen LogP contribution in [0.1, 0.15) is 25.8 Å². The normalized spacial score (nSPS) is 10.7. The van der Waals surface area contributed by atoms with Crippen LogP contribution in [0.3, 0.4) is 0 Å². The van der Waals surface area contributed by atoms with E-state index in [4.69, 9.17) is 4.52 Å². The Hall–Kier alpha value is -0.260. The second kappa shape index (κ2) is 7.96. The highest BCUT2D eigenvalue weighted by Gasteiger charge is 1.96. The van der Waals surface area contributed by atoms with E-state index in [0.717, 1.165) is 11.7 Å². The summed E-state index contributed by atoms with van der Waals surface area (Å²) in [5.74, 6) is 1.79. The van der Waals surface area contributed by atoms with E-state index in [-0.39, 0.29) is 12.4 Å². The highest BCUT2D eigenvalue weighted by atomic mass is 35.5. The van der Waals surface area contributed by atoms with Crippen LogP contribution in [0.25, 0.3) is 0 Å². The zero-order valence-corrected chi connectivity index (χ0v) is 11.4. The molecule has 0 saturated carbocycles. The smallest absolute Gasteiger partial charge is 0.123 e. The molecule has 1 unspecified atom stereocenters. The number of halogens is 1. The molecule has 0 fully saturated rings. The molecule has 0 bridgehead atoms. The third kappa shape index (κ3) is 6.76. The first-order chi connectivity index (χ1) is 6.68. The van der Waals surface area contributed by atoms with Crippen molar-refractivity contribution >= 4 is 21.2 Å². The molecule has 86 valence electrons. The van der Waals surface area contributed by atoms with E-state index in [1.807, 2.05) is 12.1 Å². The quantitative estimate of drug-likeness (QED) is 0.552. The first kappa shape index (κ1) is 14.7. The molecule has 0 radical (unpaired) electrons. The highest BCUT2D eigenvalue weighted by molar-refractivity contribution is 7.32. The minimum absolute atomic E-state index is 0. The van der Waals surface area contributed by atoms with Crippen molar-refractivity contribution in [3.8, 4) is 5.75 Å². The van der Waals surface area contributed by atoms with Gasteiger partial charge in [0.2, 0.25) is 0 Å². The van der Waals surface area contributed by atoms with Crippen LogP contribution in [-0.4, -0.2) is 6.16 Å². The minimum atomic E-state index is 0. The first-order valence-corrected chi connectivity index (χ1v) is 6.26. The molecule has 0 saturated heterocycles. The van der Waals surface area contributed by atoms with Crippen molar-refractivity contribution in [2.75, 3.05) is 6.16 Å². The van der Waals surface area contributed by atoms with E-state index < -0.39 is 0 Å². The van der Waals surface area contributed by atoms with Crippen LogP contribution in [0.5, 0.6) is 5.75 Å². The molecule has 1 atom stereocenters. The lowest BCUT2D eigenvalue weighted by Gasteiger charge is -2.07. The molecular formula is C12H20ClOP. The fraction of sp³-hybridized carbons (Fsp3) is 0.500. The lowest BCUT2D eigenvalue weighted by atomic mass is 10.2. The van der Waals surface area contributed by atoms with Gasteiger partial charge in [-0.15, -0.1) is 12.4 Å². The SMILES string of the molecule is Cc1cccc(OPCCC(C)C)c1.Cl. The maximum Gasteiger partial charge on any atom is 0.123 e. The summed E-state index contributed by atoms with van der Waals surface area (Å²) < 4.78 is 5.67. The molecule has 0 aliphatic heterocycles. The standard InChI is InChI=1S/C12H19OP.ClH/c1-10(2)7-8-14-13-12-6-4-5-11(3)9-12;/h4-6,9-10,14H,7-8H2,1-3H3;1H. The summed E-state index contributed by atoms with van der Waals surface area (Å²) in [6.45, 7) is 6.58. The van der Waals surface area contributed by atoms with Crippen molar-refractivity contribution in [3.05, 3.63) is 29.8 Å². The Balaban J connectivity index is 0.00000196. The van der Waals surface area contributed by atoms with Crippen molar-refractivity contribution in [1.29, 1.82) is 0 Å². The van der Waals surface area contributed by atoms with Crippen molar-refractivity contribution in [1.82, 2.24) is 0 Å². The molecule has 0 spiro atoms. The monoisotopic (exact) mass is 246 g/mol. The molecule has 1 rings (SSSR count). The van der Waals surface area contributed by atoms with Gasteiger partial charge < -0.3 is 4.52 Å². The van der Waals surface area contributed by atoms with Gasteiger partial charge in [0.05, 0.1) is 8.81 Å². The zero-order chi connectivity index (χ0) is 10.4. The Kier molecular flexibility index (Phi) is 7.82. The van der Waals surface area contributed by atoms with Gasteiger partial charge in [0.25, 0.3) is 0 Å². The first-order valence-electron chi connectivity index (χ1n) is 5.15. The molecule has 0 aliphatic carbocycles. The van der Waals surface area contributed by atoms with E-state index in [2.05, 4.69) is 32.9 Å². The van der Waals surface area contributed by atoms with Crippen LogP contribution < -0.4 is 4.52 Å². The largest absolute Gasteiger partial charge is 0.477 e. The van der Waals surface area contributed by atoms with Gasteiger partial charge in [-0.3, -0.25) is 0 Å². The van der Waals surface area contributed by atoms with Crippen molar-refractivity contribution in [2.45, 2.75) is 27.2 Å². The van der Waals surface area contributed by atoms with Crippen LogP contribution in [0, 0.1) is 12.8 Å². The Morgan fingerprint density at radius 3 is 2.67 bits per heavy atom. The Labute approximate surface area is 101 Å². The average Bonchev–Trinajstić information content (AvgIpc) is 2.12. The Bertz CT molecular complexity index is 276.